The van der Waals surface area contributed by atoms with E-state index in [0.29, 0.717) is 11.1 Å². The number of aromatic nitrogens is 1. The first-order valence-corrected chi connectivity index (χ1v) is 7.31. The summed E-state index contributed by atoms with van der Waals surface area (Å²) in [6, 6.07) is 8.61. The van der Waals surface area contributed by atoms with Gasteiger partial charge in [0.05, 0.1) is 0 Å². The van der Waals surface area contributed by atoms with Crippen molar-refractivity contribution in [1.82, 2.24) is 9.47 Å². The van der Waals surface area contributed by atoms with Crippen LogP contribution in [0, 0.1) is 0 Å². The third kappa shape index (κ3) is 4.38. The fourth-order valence-electron chi connectivity index (χ4n) is 2.10. The predicted molar refractivity (Wildman–Crippen MR) is 83.6 cm³/mol. The van der Waals surface area contributed by atoms with Crippen molar-refractivity contribution in [3.8, 4) is 0 Å². The lowest BCUT2D eigenvalue weighted by atomic mass is 10.2. The number of nitrogens with zero attached hydrogens (tertiary/aromatic N) is 2. The van der Waals surface area contributed by atoms with Gasteiger partial charge in [0.15, 0.2) is 0 Å². The Balaban J connectivity index is 2.12. The lowest BCUT2D eigenvalue weighted by Crippen LogP contribution is -2.35. The van der Waals surface area contributed by atoms with Gasteiger partial charge in [0, 0.05) is 24.8 Å². The molecule has 0 saturated heterocycles. The summed E-state index contributed by atoms with van der Waals surface area (Å²) in [4.78, 5) is 25.3. The molecule has 0 atom stereocenters. The molecule has 0 N–H and O–H groups in total. The van der Waals surface area contributed by atoms with Crippen molar-refractivity contribution in [2.75, 3.05) is 7.05 Å². The molecule has 0 fully saturated rings. The number of rotatable bonds is 4. The maximum atomic E-state index is 12.7. The number of benzene rings is 1. The molecular formula is C16H14ClF3N2O2. The van der Waals surface area contributed by atoms with Crippen LogP contribution in [0.5, 0.6) is 0 Å². The lowest BCUT2D eigenvalue weighted by molar-refractivity contribution is -0.139. The molecule has 2 rings (SSSR count). The molecule has 0 bridgehead atoms. The SMILES string of the molecule is CN(Cc1ccc(Cl)cc1)C(=O)Cn1cccc(C(F)(F)F)c1=O. The van der Waals surface area contributed by atoms with Crippen molar-refractivity contribution in [3.05, 3.63) is 69.1 Å². The second-order valence-corrected chi connectivity index (χ2v) is 5.67. The lowest BCUT2D eigenvalue weighted by Gasteiger charge is -2.18. The van der Waals surface area contributed by atoms with E-state index < -0.39 is 29.8 Å². The number of alkyl halides is 3. The Morgan fingerprint density at radius 2 is 1.83 bits per heavy atom. The zero-order valence-corrected chi connectivity index (χ0v) is 13.4. The summed E-state index contributed by atoms with van der Waals surface area (Å²) in [7, 11) is 1.51. The minimum Gasteiger partial charge on any atom is -0.340 e. The molecule has 0 unspecified atom stereocenters. The molecule has 4 nitrogen and oxygen atoms in total. The van der Waals surface area contributed by atoms with Gasteiger partial charge in [-0.2, -0.15) is 13.2 Å². The Labute approximate surface area is 141 Å². The number of hydrogen-bond acceptors (Lipinski definition) is 2. The Morgan fingerprint density at radius 3 is 2.42 bits per heavy atom. The molecule has 128 valence electrons. The van der Waals surface area contributed by atoms with E-state index in [2.05, 4.69) is 0 Å². The van der Waals surface area contributed by atoms with Crippen LogP contribution >= 0.6 is 11.6 Å². The first-order chi connectivity index (χ1) is 11.2. The van der Waals surface area contributed by atoms with Gasteiger partial charge in [-0.3, -0.25) is 9.59 Å². The van der Waals surface area contributed by atoms with Crippen LogP contribution in [0.25, 0.3) is 0 Å². The molecule has 1 amide bonds. The average Bonchev–Trinajstić information content (AvgIpc) is 2.50. The molecule has 0 radical (unpaired) electrons. The minimum absolute atomic E-state index is 0.254. The number of carbonyl (C=O) groups excluding carboxylic acids is 1. The van der Waals surface area contributed by atoms with Gasteiger partial charge in [-0.25, -0.2) is 0 Å². The molecular weight excluding hydrogens is 345 g/mol. The molecule has 8 heteroatoms. The van der Waals surface area contributed by atoms with Crippen molar-refractivity contribution in [3.63, 3.8) is 0 Å². The smallest absolute Gasteiger partial charge is 0.340 e. The van der Waals surface area contributed by atoms with Gasteiger partial charge in [0.1, 0.15) is 12.1 Å². The maximum absolute atomic E-state index is 12.7. The summed E-state index contributed by atoms with van der Waals surface area (Å²) in [6.45, 7) is -0.212. The van der Waals surface area contributed by atoms with E-state index in [1.54, 1.807) is 24.3 Å². The number of pyridine rings is 1. The van der Waals surface area contributed by atoms with Gasteiger partial charge in [0.2, 0.25) is 5.91 Å². The molecule has 0 aliphatic rings. The van der Waals surface area contributed by atoms with Crippen LogP contribution in [-0.4, -0.2) is 22.4 Å². The third-order valence-electron chi connectivity index (χ3n) is 3.39. The second-order valence-electron chi connectivity index (χ2n) is 5.23. The van der Waals surface area contributed by atoms with Gasteiger partial charge in [-0.15, -0.1) is 0 Å². The minimum atomic E-state index is -4.75. The number of amides is 1. The van der Waals surface area contributed by atoms with Crippen molar-refractivity contribution >= 4 is 17.5 Å². The maximum Gasteiger partial charge on any atom is 0.421 e. The van der Waals surface area contributed by atoms with Crippen molar-refractivity contribution in [1.29, 1.82) is 0 Å². The highest BCUT2D eigenvalue weighted by Gasteiger charge is 2.34. The molecule has 24 heavy (non-hydrogen) atoms. The molecule has 2 aromatic rings. The van der Waals surface area contributed by atoms with E-state index in [4.69, 9.17) is 11.6 Å². The van der Waals surface area contributed by atoms with Crippen LogP contribution < -0.4 is 5.56 Å². The number of carbonyl (C=O) groups is 1. The molecule has 0 saturated carbocycles. The topological polar surface area (TPSA) is 42.3 Å². The summed E-state index contributed by atoms with van der Waals surface area (Å²) in [6.07, 6.45) is -3.59. The fourth-order valence-corrected chi connectivity index (χ4v) is 2.22. The summed E-state index contributed by atoms with van der Waals surface area (Å²) in [5.41, 5.74) is -1.72. The quantitative estimate of drug-likeness (QED) is 0.842. The van der Waals surface area contributed by atoms with Crippen molar-refractivity contribution in [2.45, 2.75) is 19.3 Å². The van der Waals surface area contributed by atoms with Crippen LogP contribution in [0.15, 0.2) is 47.4 Å². The Hall–Kier alpha value is -2.28. The third-order valence-corrected chi connectivity index (χ3v) is 3.64. The van der Waals surface area contributed by atoms with Crippen LogP contribution in [0.3, 0.4) is 0 Å². The van der Waals surface area contributed by atoms with Crippen LogP contribution in [0.2, 0.25) is 5.02 Å². The van der Waals surface area contributed by atoms with Gasteiger partial charge >= 0.3 is 6.18 Å². The molecule has 0 spiro atoms. The van der Waals surface area contributed by atoms with E-state index in [0.717, 1.165) is 22.4 Å². The Bertz CT molecular complexity index is 785. The largest absolute Gasteiger partial charge is 0.421 e. The number of halogens is 4. The predicted octanol–water partition coefficient (Wildman–Crippen LogP) is 3.18. The van der Waals surface area contributed by atoms with Gasteiger partial charge in [-0.05, 0) is 29.8 Å². The fraction of sp³-hybridized carbons (Fsp3) is 0.250. The zero-order valence-electron chi connectivity index (χ0n) is 12.7. The van der Waals surface area contributed by atoms with Crippen LogP contribution in [0.1, 0.15) is 11.1 Å². The van der Waals surface area contributed by atoms with E-state index in [1.807, 2.05) is 0 Å². The molecule has 1 heterocycles. The highest BCUT2D eigenvalue weighted by atomic mass is 35.5. The number of hydrogen-bond donors (Lipinski definition) is 0. The van der Waals surface area contributed by atoms with Gasteiger partial charge < -0.3 is 9.47 Å². The van der Waals surface area contributed by atoms with Crippen molar-refractivity contribution < 1.29 is 18.0 Å². The van der Waals surface area contributed by atoms with E-state index >= 15 is 0 Å². The summed E-state index contributed by atoms with van der Waals surface area (Å²) in [5, 5.41) is 0.559. The normalized spacial score (nSPS) is 11.4. The standard InChI is InChI=1S/C16H14ClF3N2O2/c1-21(9-11-4-6-12(17)7-5-11)14(23)10-22-8-2-3-13(15(22)24)16(18,19)20/h2-8H,9-10H2,1H3. The molecule has 1 aromatic heterocycles. The van der Waals surface area contributed by atoms with Crippen molar-refractivity contribution in [2.24, 2.45) is 0 Å². The number of likely N-dealkylation sites (N-methyl/N-ethyl adjacent to an activating group) is 1. The van der Waals surface area contributed by atoms with E-state index in [1.165, 1.54) is 11.9 Å². The van der Waals surface area contributed by atoms with Crippen LogP contribution in [-0.2, 0) is 24.1 Å². The van der Waals surface area contributed by atoms with E-state index in [-0.39, 0.29) is 6.54 Å². The monoisotopic (exact) mass is 358 g/mol. The first-order valence-electron chi connectivity index (χ1n) is 6.93. The van der Waals surface area contributed by atoms with Gasteiger partial charge in [0.25, 0.3) is 5.56 Å². The first kappa shape index (κ1) is 18.1. The zero-order chi connectivity index (χ0) is 17.9. The summed E-state index contributed by atoms with van der Waals surface area (Å²) < 4.78 is 38.9. The van der Waals surface area contributed by atoms with E-state index in [9.17, 15) is 22.8 Å². The summed E-state index contributed by atoms with van der Waals surface area (Å²) in [5.74, 6) is -0.480. The van der Waals surface area contributed by atoms with Gasteiger partial charge in [-0.1, -0.05) is 23.7 Å². The highest BCUT2D eigenvalue weighted by molar-refractivity contribution is 6.30. The Kier molecular flexibility index (Phi) is 5.33. The molecule has 0 aliphatic heterocycles. The highest BCUT2D eigenvalue weighted by Crippen LogP contribution is 2.25. The summed E-state index contributed by atoms with van der Waals surface area (Å²) >= 11 is 5.78. The molecule has 0 aliphatic carbocycles. The average molecular weight is 359 g/mol. The second kappa shape index (κ2) is 7.09. The van der Waals surface area contributed by atoms with Crippen LogP contribution in [0.4, 0.5) is 13.2 Å². The molecule has 1 aromatic carbocycles. The Morgan fingerprint density at radius 1 is 1.21 bits per heavy atom.